The second-order valence-electron chi connectivity index (χ2n) is 3.43. The minimum Gasteiger partial charge on any atom is -0.481 e. The maximum absolute atomic E-state index is 10.8. The number of carbonyl (C=O) groups is 2. The summed E-state index contributed by atoms with van der Waals surface area (Å²) in [6, 6.07) is 0. The van der Waals surface area contributed by atoms with E-state index in [1.807, 2.05) is 0 Å². The van der Waals surface area contributed by atoms with Gasteiger partial charge in [0, 0.05) is 12.3 Å². The third kappa shape index (κ3) is 13.8. The molecule has 0 aromatic carbocycles. The summed E-state index contributed by atoms with van der Waals surface area (Å²) in [5, 5.41) is 18.0. The van der Waals surface area contributed by atoms with Crippen LogP contribution in [-0.2, 0) is 9.59 Å². The summed E-state index contributed by atoms with van der Waals surface area (Å²) >= 11 is 0. The van der Waals surface area contributed by atoms with Crippen LogP contribution < -0.4 is 5.32 Å². The lowest BCUT2D eigenvalue weighted by atomic mass is 9.96. The molecule has 0 rings (SSSR count). The molecule has 0 saturated heterocycles. The molecule has 3 N–H and O–H groups in total. The predicted molar refractivity (Wildman–Crippen MR) is 48.0 cm³/mol. The van der Waals surface area contributed by atoms with Crippen molar-refractivity contribution in [2.24, 2.45) is 5.41 Å². The van der Waals surface area contributed by atoms with Crippen LogP contribution in [0.4, 0.5) is 0 Å². The molecule has 5 nitrogen and oxygen atoms in total. The first kappa shape index (κ1) is 14.4. The number of carboxylic acid groups (broad SMARTS) is 1. The molecule has 0 aromatic rings. The molecule has 0 aliphatic rings. The first-order valence-corrected chi connectivity index (χ1v) is 3.80. The van der Waals surface area contributed by atoms with Gasteiger partial charge in [-0.1, -0.05) is 20.8 Å². The zero-order valence-corrected chi connectivity index (χ0v) is 8.42. The first-order chi connectivity index (χ1) is 5.71. The maximum atomic E-state index is 10.8. The van der Waals surface area contributed by atoms with E-state index in [4.69, 9.17) is 15.0 Å². The van der Waals surface area contributed by atoms with Gasteiger partial charge in [0.25, 0.3) is 5.97 Å². The maximum Gasteiger partial charge on any atom is 0.300 e. The summed E-state index contributed by atoms with van der Waals surface area (Å²) in [6.45, 7) is 6.17. The fraction of sp³-hybridized carbons (Fsp3) is 0.750. The Hall–Kier alpha value is -1.10. The van der Waals surface area contributed by atoms with Gasteiger partial charge in [-0.25, -0.2) is 0 Å². The number of rotatable bonds is 1. The molecule has 0 heterocycles. The molecule has 0 fully saturated rings. The van der Waals surface area contributed by atoms with Gasteiger partial charge < -0.3 is 15.5 Å². The average molecular weight is 191 g/mol. The fourth-order valence-electron chi connectivity index (χ4n) is 0.337. The van der Waals surface area contributed by atoms with Crippen LogP contribution >= 0.6 is 0 Å². The highest BCUT2D eigenvalue weighted by molar-refractivity contribution is 5.81. The molecule has 0 aliphatic heterocycles. The van der Waals surface area contributed by atoms with Crippen LogP contribution in [0.1, 0.15) is 27.7 Å². The Bertz CT molecular complexity index is 167. The number of aliphatic hydroxyl groups is 1. The summed E-state index contributed by atoms with van der Waals surface area (Å²) in [5.41, 5.74) is -0.400. The Morgan fingerprint density at radius 1 is 1.31 bits per heavy atom. The Kier molecular flexibility index (Phi) is 7.12. The molecular formula is C8H17NO4. The van der Waals surface area contributed by atoms with Crippen LogP contribution in [0.3, 0.4) is 0 Å². The molecular weight excluding hydrogens is 174 g/mol. The van der Waals surface area contributed by atoms with E-state index in [-0.39, 0.29) is 12.6 Å². The molecule has 5 heteroatoms. The Morgan fingerprint density at radius 2 is 1.62 bits per heavy atom. The van der Waals surface area contributed by atoms with Crippen molar-refractivity contribution in [3.8, 4) is 0 Å². The lowest BCUT2D eigenvalue weighted by molar-refractivity contribution is -0.134. The van der Waals surface area contributed by atoms with Crippen molar-refractivity contribution in [1.29, 1.82) is 0 Å². The zero-order valence-electron chi connectivity index (χ0n) is 8.42. The van der Waals surface area contributed by atoms with Gasteiger partial charge in [-0.3, -0.25) is 9.59 Å². The van der Waals surface area contributed by atoms with E-state index in [2.05, 4.69) is 5.32 Å². The van der Waals surface area contributed by atoms with Gasteiger partial charge in [0.05, 0.1) is 0 Å². The van der Waals surface area contributed by atoms with Gasteiger partial charge in [0.15, 0.2) is 0 Å². The van der Waals surface area contributed by atoms with Crippen LogP contribution in [0.15, 0.2) is 0 Å². The van der Waals surface area contributed by atoms with Crippen LogP contribution in [0.25, 0.3) is 0 Å². The van der Waals surface area contributed by atoms with E-state index < -0.39 is 11.4 Å². The molecule has 0 bridgehead atoms. The van der Waals surface area contributed by atoms with Crippen molar-refractivity contribution in [2.75, 3.05) is 6.73 Å². The topological polar surface area (TPSA) is 86.6 Å². The van der Waals surface area contributed by atoms with Crippen molar-refractivity contribution in [2.45, 2.75) is 27.7 Å². The number of aliphatic hydroxyl groups excluding tert-OH is 1. The van der Waals surface area contributed by atoms with E-state index in [0.29, 0.717) is 0 Å². The molecule has 1 amide bonds. The fourth-order valence-corrected chi connectivity index (χ4v) is 0.337. The van der Waals surface area contributed by atoms with Crippen LogP contribution in [0, 0.1) is 5.41 Å². The predicted octanol–water partition coefficient (Wildman–Crippen LogP) is 0.189. The number of carboxylic acids is 1. The molecule has 0 aromatic heterocycles. The summed E-state index contributed by atoms with van der Waals surface area (Å²) in [4.78, 5) is 19.8. The van der Waals surface area contributed by atoms with Crippen molar-refractivity contribution in [3.63, 3.8) is 0 Å². The minimum absolute atomic E-state index is 0.134. The molecule has 0 unspecified atom stereocenters. The standard InChI is InChI=1S/C6H13NO2.C2H4O2/c1-6(2,3)5(9)7-4-8;1-2(3)4/h8H,4H2,1-3H3,(H,7,9);1H3,(H,3,4). The molecule has 0 atom stereocenters. The third-order valence-electron chi connectivity index (χ3n) is 0.921. The molecule has 0 saturated carbocycles. The van der Waals surface area contributed by atoms with Crippen molar-refractivity contribution in [3.05, 3.63) is 0 Å². The average Bonchev–Trinajstić information content (AvgIpc) is 1.84. The summed E-state index contributed by atoms with van der Waals surface area (Å²) in [5.74, 6) is -0.968. The first-order valence-electron chi connectivity index (χ1n) is 3.80. The van der Waals surface area contributed by atoms with Gasteiger partial charge in [0.1, 0.15) is 6.73 Å². The van der Waals surface area contributed by atoms with E-state index in [0.717, 1.165) is 6.92 Å². The lowest BCUT2D eigenvalue weighted by Crippen LogP contribution is -2.35. The molecule has 13 heavy (non-hydrogen) atoms. The number of aliphatic carboxylic acids is 1. The van der Waals surface area contributed by atoms with Crippen LogP contribution in [-0.4, -0.2) is 28.8 Å². The highest BCUT2D eigenvalue weighted by Gasteiger charge is 2.19. The molecule has 78 valence electrons. The van der Waals surface area contributed by atoms with Crippen LogP contribution in [0.5, 0.6) is 0 Å². The third-order valence-corrected chi connectivity index (χ3v) is 0.921. The van der Waals surface area contributed by atoms with E-state index >= 15 is 0 Å². The summed E-state index contributed by atoms with van der Waals surface area (Å²) in [7, 11) is 0. The number of hydrogen-bond acceptors (Lipinski definition) is 3. The Balaban J connectivity index is 0. The van der Waals surface area contributed by atoms with Gasteiger partial charge in [-0.15, -0.1) is 0 Å². The zero-order chi connectivity index (χ0) is 11.1. The van der Waals surface area contributed by atoms with E-state index in [9.17, 15) is 4.79 Å². The lowest BCUT2D eigenvalue weighted by Gasteiger charge is -2.15. The highest BCUT2D eigenvalue weighted by atomic mass is 16.4. The second kappa shape index (κ2) is 6.42. The van der Waals surface area contributed by atoms with Crippen LogP contribution in [0.2, 0.25) is 0 Å². The van der Waals surface area contributed by atoms with Gasteiger partial charge in [-0.05, 0) is 0 Å². The summed E-state index contributed by atoms with van der Waals surface area (Å²) < 4.78 is 0. The monoisotopic (exact) mass is 191 g/mol. The number of hydrogen-bond donors (Lipinski definition) is 3. The number of nitrogens with one attached hydrogen (secondary N) is 1. The van der Waals surface area contributed by atoms with E-state index in [1.165, 1.54) is 0 Å². The Labute approximate surface area is 77.8 Å². The van der Waals surface area contributed by atoms with Gasteiger partial charge in [-0.2, -0.15) is 0 Å². The normalized spacial score (nSPS) is 9.62. The van der Waals surface area contributed by atoms with Crippen molar-refractivity contribution >= 4 is 11.9 Å². The van der Waals surface area contributed by atoms with Crippen molar-refractivity contribution < 1.29 is 19.8 Å². The number of carbonyl (C=O) groups excluding carboxylic acids is 1. The van der Waals surface area contributed by atoms with E-state index in [1.54, 1.807) is 20.8 Å². The van der Waals surface area contributed by atoms with Gasteiger partial charge >= 0.3 is 0 Å². The highest BCUT2D eigenvalue weighted by Crippen LogP contribution is 2.11. The Morgan fingerprint density at radius 3 is 1.69 bits per heavy atom. The number of amides is 1. The molecule has 0 aliphatic carbocycles. The minimum atomic E-state index is -0.833. The summed E-state index contributed by atoms with van der Waals surface area (Å²) in [6.07, 6.45) is 0. The smallest absolute Gasteiger partial charge is 0.300 e. The quantitative estimate of drug-likeness (QED) is 0.516. The van der Waals surface area contributed by atoms with Crippen molar-refractivity contribution in [1.82, 2.24) is 5.32 Å². The SMILES string of the molecule is CC(=O)O.CC(C)(C)C(=O)NCO. The molecule has 0 radical (unpaired) electrons. The van der Waals surface area contributed by atoms with Gasteiger partial charge in [0.2, 0.25) is 5.91 Å². The largest absolute Gasteiger partial charge is 0.481 e. The second-order valence-corrected chi connectivity index (χ2v) is 3.43. The molecule has 0 spiro atoms.